The molecule has 0 spiro atoms. The third kappa shape index (κ3) is 1.44. The molecule has 5 heteroatoms. The van der Waals surface area contributed by atoms with E-state index in [1.165, 1.54) is 23.1 Å². The lowest BCUT2D eigenvalue weighted by Crippen LogP contribution is -2.33. The average Bonchev–Trinajstić information content (AvgIpc) is 3.06. The molecular formula is C15H11BrFNO2. The number of halogens is 2. The molecule has 4 rings (SSSR count). The van der Waals surface area contributed by atoms with Crippen molar-refractivity contribution in [3.8, 4) is 0 Å². The molecule has 1 saturated carbocycles. The number of nitrogens with zero attached hydrogens (tertiary/aromatic N) is 1. The third-order valence-corrected chi connectivity index (χ3v) is 5.26. The molecule has 0 radical (unpaired) electrons. The number of amides is 2. The van der Waals surface area contributed by atoms with E-state index in [9.17, 15) is 14.0 Å². The first kappa shape index (κ1) is 12.3. The number of rotatable bonds is 1. The highest BCUT2D eigenvalue weighted by Gasteiger charge is 2.59. The molecule has 2 fully saturated rings. The van der Waals surface area contributed by atoms with Crippen LogP contribution in [0, 0.1) is 29.5 Å². The molecule has 1 aromatic rings. The van der Waals surface area contributed by atoms with Crippen molar-refractivity contribution in [1.82, 2.24) is 0 Å². The van der Waals surface area contributed by atoms with Gasteiger partial charge in [0.05, 0.1) is 17.5 Å². The lowest BCUT2D eigenvalue weighted by Gasteiger charge is -2.18. The Labute approximate surface area is 123 Å². The molecule has 20 heavy (non-hydrogen) atoms. The summed E-state index contributed by atoms with van der Waals surface area (Å²) in [5.74, 6) is -0.782. The molecule has 4 atom stereocenters. The summed E-state index contributed by atoms with van der Waals surface area (Å²) in [6.45, 7) is 0. The van der Waals surface area contributed by atoms with Gasteiger partial charge in [-0.15, -0.1) is 0 Å². The van der Waals surface area contributed by atoms with Gasteiger partial charge in [0.15, 0.2) is 0 Å². The maximum absolute atomic E-state index is 13.2. The minimum Gasteiger partial charge on any atom is -0.274 e. The summed E-state index contributed by atoms with van der Waals surface area (Å²) in [6.07, 6.45) is 5.02. The lowest BCUT2D eigenvalue weighted by molar-refractivity contribution is -0.123. The third-order valence-electron chi connectivity index (χ3n) is 4.62. The fourth-order valence-corrected chi connectivity index (χ4v) is 4.33. The van der Waals surface area contributed by atoms with E-state index in [1.807, 2.05) is 0 Å². The van der Waals surface area contributed by atoms with Gasteiger partial charge in [-0.05, 0) is 52.4 Å². The van der Waals surface area contributed by atoms with Crippen molar-refractivity contribution < 1.29 is 14.0 Å². The summed E-state index contributed by atoms with van der Waals surface area (Å²) >= 11 is 3.24. The van der Waals surface area contributed by atoms with Crippen molar-refractivity contribution in [2.24, 2.45) is 23.7 Å². The molecule has 102 valence electrons. The quantitative estimate of drug-likeness (QED) is 0.584. The second-order valence-corrected chi connectivity index (χ2v) is 6.46. The SMILES string of the molecule is O=C1C2C3C=CC(C3)C2C(=O)N1c1ccc(F)cc1Br. The summed E-state index contributed by atoms with van der Waals surface area (Å²) in [5.41, 5.74) is 0.440. The Kier molecular flexibility index (Phi) is 2.46. The number of anilines is 1. The van der Waals surface area contributed by atoms with E-state index in [0.29, 0.717) is 10.2 Å². The van der Waals surface area contributed by atoms with Crippen LogP contribution in [0.1, 0.15) is 6.42 Å². The summed E-state index contributed by atoms with van der Waals surface area (Å²) in [6, 6.07) is 4.02. The molecule has 3 nitrogen and oxygen atoms in total. The van der Waals surface area contributed by atoms with Crippen LogP contribution in [0.25, 0.3) is 0 Å². The first-order chi connectivity index (χ1) is 9.58. The fraction of sp³-hybridized carbons (Fsp3) is 0.333. The zero-order chi connectivity index (χ0) is 14.0. The van der Waals surface area contributed by atoms with E-state index in [2.05, 4.69) is 28.1 Å². The second kappa shape index (κ2) is 4.01. The van der Waals surface area contributed by atoms with E-state index >= 15 is 0 Å². The second-order valence-electron chi connectivity index (χ2n) is 5.61. The van der Waals surface area contributed by atoms with Gasteiger partial charge in [-0.3, -0.25) is 9.59 Å². The van der Waals surface area contributed by atoms with Crippen molar-refractivity contribution in [2.45, 2.75) is 6.42 Å². The van der Waals surface area contributed by atoms with Gasteiger partial charge in [-0.1, -0.05) is 12.2 Å². The van der Waals surface area contributed by atoms with Crippen molar-refractivity contribution in [2.75, 3.05) is 4.90 Å². The summed E-state index contributed by atoms with van der Waals surface area (Å²) < 4.78 is 13.6. The zero-order valence-electron chi connectivity index (χ0n) is 10.4. The van der Waals surface area contributed by atoms with Crippen LogP contribution in [0.15, 0.2) is 34.8 Å². The highest BCUT2D eigenvalue weighted by atomic mass is 79.9. The Morgan fingerprint density at radius 3 is 2.25 bits per heavy atom. The van der Waals surface area contributed by atoms with E-state index in [0.717, 1.165) is 6.42 Å². The molecule has 2 amide bonds. The highest BCUT2D eigenvalue weighted by molar-refractivity contribution is 9.10. The molecule has 3 aliphatic rings. The molecule has 1 heterocycles. The van der Waals surface area contributed by atoms with Crippen molar-refractivity contribution >= 4 is 33.4 Å². The number of benzene rings is 1. The zero-order valence-corrected chi connectivity index (χ0v) is 12.0. The Morgan fingerprint density at radius 1 is 1.10 bits per heavy atom. The minimum atomic E-state index is -0.401. The van der Waals surface area contributed by atoms with Crippen LogP contribution in [-0.4, -0.2) is 11.8 Å². The van der Waals surface area contributed by atoms with Crippen LogP contribution >= 0.6 is 15.9 Å². The van der Waals surface area contributed by atoms with Crippen molar-refractivity contribution in [1.29, 1.82) is 0 Å². The summed E-state index contributed by atoms with van der Waals surface area (Å²) in [7, 11) is 0. The van der Waals surface area contributed by atoms with Gasteiger partial charge >= 0.3 is 0 Å². The number of carbonyl (C=O) groups excluding carboxylic acids is 2. The molecule has 2 bridgehead atoms. The number of hydrogen-bond donors (Lipinski definition) is 0. The molecule has 1 aromatic carbocycles. The Bertz CT molecular complexity index is 642. The molecule has 1 saturated heterocycles. The largest absolute Gasteiger partial charge is 0.274 e. The number of hydrogen-bond acceptors (Lipinski definition) is 2. The average molecular weight is 336 g/mol. The Hall–Kier alpha value is -1.49. The Balaban J connectivity index is 1.78. The number of imide groups is 1. The molecule has 0 aromatic heterocycles. The van der Waals surface area contributed by atoms with Crippen LogP contribution in [-0.2, 0) is 9.59 Å². The van der Waals surface area contributed by atoms with Gasteiger partial charge in [-0.25, -0.2) is 9.29 Å². The van der Waals surface area contributed by atoms with Gasteiger partial charge in [0.1, 0.15) is 5.82 Å². The van der Waals surface area contributed by atoms with Gasteiger partial charge in [0, 0.05) is 4.47 Å². The van der Waals surface area contributed by atoms with Crippen molar-refractivity contribution in [3.05, 3.63) is 40.6 Å². The van der Waals surface area contributed by atoms with Crippen LogP contribution in [0.5, 0.6) is 0 Å². The van der Waals surface area contributed by atoms with E-state index in [4.69, 9.17) is 0 Å². The lowest BCUT2D eigenvalue weighted by atomic mass is 9.85. The topological polar surface area (TPSA) is 37.4 Å². The van der Waals surface area contributed by atoms with Crippen molar-refractivity contribution in [3.63, 3.8) is 0 Å². The maximum atomic E-state index is 13.2. The number of fused-ring (bicyclic) bond motifs is 5. The van der Waals surface area contributed by atoms with Crippen LogP contribution < -0.4 is 4.90 Å². The highest BCUT2D eigenvalue weighted by Crippen LogP contribution is 2.53. The Morgan fingerprint density at radius 2 is 1.70 bits per heavy atom. The smallest absolute Gasteiger partial charge is 0.238 e. The minimum absolute atomic E-state index is 0.149. The van der Waals surface area contributed by atoms with Gasteiger partial charge < -0.3 is 0 Å². The fourth-order valence-electron chi connectivity index (χ4n) is 3.80. The predicted molar refractivity (Wildman–Crippen MR) is 74.3 cm³/mol. The number of carbonyl (C=O) groups is 2. The molecule has 2 aliphatic carbocycles. The molecule has 1 aliphatic heterocycles. The molecule has 4 unspecified atom stereocenters. The molecular weight excluding hydrogens is 325 g/mol. The summed E-state index contributed by atoms with van der Waals surface area (Å²) in [4.78, 5) is 26.4. The van der Waals surface area contributed by atoms with Gasteiger partial charge in [-0.2, -0.15) is 0 Å². The van der Waals surface area contributed by atoms with Crippen LogP contribution in [0.3, 0.4) is 0 Å². The van der Waals surface area contributed by atoms with E-state index in [-0.39, 0.29) is 35.5 Å². The van der Waals surface area contributed by atoms with E-state index < -0.39 is 5.82 Å². The van der Waals surface area contributed by atoms with Gasteiger partial charge in [0.2, 0.25) is 11.8 Å². The normalized spacial score (nSPS) is 34.2. The van der Waals surface area contributed by atoms with E-state index in [1.54, 1.807) is 0 Å². The monoisotopic (exact) mass is 335 g/mol. The maximum Gasteiger partial charge on any atom is 0.238 e. The van der Waals surface area contributed by atoms with Crippen LogP contribution in [0.2, 0.25) is 0 Å². The summed E-state index contributed by atoms with van der Waals surface area (Å²) in [5, 5.41) is 0. The molecule has 0 N–H and O–H groups in total. The first-order valence-corrected chi connectivity index (χ1v) is 7.38. The number of allylic oxidation sites excluding steroid dienone is 2. The standard InChI is InChI=1S/C15H11BrFNO2/c16-10-6-9(17)3-4-11(10)18-14(19)12-7-1-2-8(5-7)13(12)15(18)20/h1-4,6-8,12-13H,5H2. The predicted octanol–water partition coefficient (Wildman–Crippen LogP) is 2.90. The van der Waals surface area contributed by atoms with Crippen LogP contribution in [0.4, 0.5) is 10.1 Å². The first-order valence-electron chi connectivity index (χ1n) is 6.59. The van der Waals surface area contributed by atoms with Gasteiger partial charge in [0.25, 0.3) is 0 Å².